The number of rotatable bonds is 10. The van der Waals surface area contributed by atoms with Crippen molar-refractivity contribution in [2.45, 2.75) is 12.4 Å². The number of ether oxygens (including phenoxy) is 3. The molecule has 4 aromatic rings. The van der Waals surface area contributed by atoms with Gasteiger partial charge in [0.15, 0.2) is 36.2 Å². The highest BCUT2D eigenvalue weighted by molar-refractivity contribution is 5.93. The Morgan fingerprint density at radius 1 is 0.711 bits per heavy atom. The van der Waals surface area contributed by atoms with Gasteiger partial charge < -0.3 is 30.0 Å². The molecule has 0 aromatic carbocycles. The zero-order chi connectivity index (χ0) is 33.0. The maximum atomic E-state index is 12.1. The number of hydrogen-bond donors (Lipinski definition) is 3. The van der Waals surface area contributed by atoms with E-state index in [0.717, 1.165) is 19.5 Å². The van der Waals surface area contributed by atoms with Crippen molar-refractivity contribution in [1.29, 1.82) is 0 Å². The molecular formula is C23H18F6N10O6. The van der Waals surface area contributed by atoms with Crippen molar-refractivity contribution in [3.05, 3.63) is 61.2 Å². The van der Waals surface area contributed by atoms with E-state index in [1.165, 1.54) is 37.4 Å². The third-order valence-electron chi connectivity index (χ3n) is 4.50. The van der Waals surface area contributed by atoms with E-state index in [-0.39, 0.29) is 17.3 Å². The second-order valence-corrected chi connectivity index (χ2v) is 7.92. The minimum Gasteiger partial charge on any atom is -0.476 e. The van der Waals surface area contributed by atoms with Gasteiger partial charge in [0.2, 0.25) is 11.8 Å². The maximum Gasteiger partial charge on any atom is 0.422 e. The van der Waals surface area contributed by atoms with Gasteiger partial charge in [-0.15, -0.1) is 0 Å². The first kappa shape index (κ1) is 33.5. The van der Waals surface area contributed by atoms with Crippen molar-refractivity contribution in [3.63, 3.8) is 0 Å². The molecule has 0 unspecified atom stereocenters. The number of alkyl halides is 6. The highest BCUT2D eigenvalue weighted by atomic mass is 19.4. The molecule has 0 spiro atoms. The minimum absolute atomic E-state index is 0.0361. The van der Waals surface area contributed by atoms with E-state index in [2.05, 4.69) is 64.7 Å². The van der Waals surface area contributed by atoms with Gasteiger partial charge in [-0.3, -0.25) is 0 Å². The topological polar surface area (TPSA) is 209 Å². The van der Waals surface area contributed by atoms with Crippen LogP contribution in [-0.2, 0) is 4.74 Å². The first-order chi connectivity index (χ1) is 21.2. The van der Waals surface area contributed by atoms with Crippen LogP contribution in [0.25, 0.3) is 0 Å². The zero-order valence-corrected chi connectivity index (χ0v) is 22.4. The highest BCUT2D eigenvalue weighted by Crippen LogP contribution is 2.23. The van der Waals surface area contributed by atoms with Gasteiger partial charge in [0.25, 0.3) is 0 Å². The van der Waals surface area contributed by atoms with Crippen LogP contribution in [0.5, 0.6) is 11.8 Å². The van der Waals surface area contributed by atoms with Crippen LogP contribution in [0.15, 0.2) is 49.8 Å². The Morgan fingerprint density at radius 2 is 1.11 bits per heavy atom. The van der Waals surface area contributed by atoms with Crippen molar-refractivity contribution in [2.24, 2.45) is 0 Å². The van der Waals surface area contributed by atoms with Gasteiger partial charge in [-0.05, 0) is 0 Å². The Balaban J connectivity index is 0.000000246. The van der Waals surface area contributed by atoms with Crippen molar-refractivity contribution in [2.75, 3.05) is 31.0 Å². The molecule has 3 N–H and O–H groups in total. The molecule has 0 aliphatic rings. The number of carboxylic acid groups (broad SMARTS) is 1. The summed E-state index contributed by atoms with van der Waals surface area (Å²) < 4.78 is 85.9. The van der Waals surface area contributed by atoms with Crippen LogP contribution in [0.4, 0.5) is 49.4 Å². The number of hydrogen-bond acceptors (Lipinski definition) is 15. The molecule has 0 saturated carbocycles. The zero-order valence-electron chi connectivity index (χ0n) is 22.4. The molecule has 4 aromatic heterocycles. The summed E-state index contributed by atoms with van der Waals surface area (Å²) >= 11 is 0. The number of carboxylic acids is 1. The number of nitrogens with one attached hydrogen (secondary N) is 2. The lowest BCUT2D eigenvalue weighted by Crippen LogP contribution is -2.20. The van der Waals surface area contributed by atoms with Crippen LogP contribution < -0.4 is 20.1 Å². The van der Waals surface area contributed by atoms with Crippen LogP contribution in [0, 0.1) is 0 Å². The maximum absolute atomic E-state index is 12.1. The van der Waals surface area contributed by atoms with Gasteiger partial charge in [0.1, 0.15) is 12.7 Å². The minimum atomic E-state index is -4.57. The molecule has 0 amide bonds. The molecule has 0 saturated heterocycles. The first-order valence-electron chi connectivity index (χ1n) is 11.7. The van der Waals surface area contributed by atoms with Gasteiger partial charge in [-0.1, -0.05) is 0 Å². The summed E-state index contributed by atoms with van der Waals surface area (Å²) in [5, 5.41) is 14.4. The highest BCUT2D eigenvalue weighted by Gasteiger charge is 2.30. The van der Waals surface area contributed by atoms with Crippen LogP contribution >= 0.6 is 0 Å². The van der Waals surface area contributed by atoms with Crippen molar-refractivity contribution < 1.29 is 55.2 Å². The summed E-state index contributed by atoms with van der Waals surface area (Å²) in [6, 6.07) is 0. The predicted molar refractivity (Wildman–Crippen MR) is 136 cm³/mol. The summed E-state index contributed by atoms with van der Waals surface area (Å²) in [6.45, 7) is -3.15. The Bertz CT molecular complexity index is 1580. The van der Waals surface area contributed by atoms with E-state index in [4.69, 9.17) is 5.11 Å². The molecule has 0 aliphatic heterocycles. The monoisotopic (exact) mass is 644 g/mol. The average molecular weight is 644 g/mol. The molecule has 0 aliphatic carbocycles. The molecule has 0 atom stereocenters. The predicted octanol–water partition coefficient (Wildman–Crippen LogP) is 3.39. The Hall–Kier alpha value is -5.96. The normalized spacial score (nSPS) is 11.0. The van der Waals surface area contributed by atoms with E-state index >= 15 is 0 Å². The van der Waals surface area contributed by atoms with Gasteiger partial charge in [0.05, 0.1) is 55.7 Å². The molecule has 4 heterocycles. The van der Waals surface area contributed by atoms with E-state index in [0.29, 0.717) is 11.4 Å². The molecule has 238 valence electrons. The summed E-state index contributed by atoms with van der Waals surface area (Å²) in [5.74, 6) is -3.60. The Morgan fingerprint density at radius 3 is 1.49 bits per heavy atom. The van der Waals surface area contributed by atoms with E-state index in [9.17, 15) is 35.9 Å². The van der Waals surface area contributed by atoms with E-state index in [1.807, 2.05) is 0 Å². The third-order valence-corrected chi connectivity index (χ3v) is 4.50. The number of methoxy groups -OCH3 is 1. The number of aromatic nitrogens is 8. The molecule has 45 heavy (non-hydrogen) atoms. The molecular weight excluding hydrogens is 626 g/mol. The summed E-state index contributed by atoms with van der Waals surface area (Å²) in [5.41, 5.74) is -0.196. The summed E-state index contributed by atoms with van der Waals surface area (Å²) in [6.07, 6.45) is 0.814. The number of carbonyl (C=O) groups is 2. The third kappa shape index (κ3) is 11.3. The van der Waals surface area contributed by atoms with Gasteiger partial charge in [-0.25, -0.2) is 49.5 Å². The number of esters is 1. The number of carbonyl (C=O) groups excluding carboxylic acids is 1. The molecule has 0 radical (unpaired) electrons. The molecule has 0 bridgehead atoms. The Kier molecular flexibility index (Phi) is 11.2. The van der Waals surface area contributed by atoms with Crippen LogP contribution in [0.3, 0.4) is 0 Å². The van der Waals surface area contributed by atoms with Gasteiger partial charge >= 0.3 is 24.3 Å². The van der Waals surface area contributed by atoms with E-state index in [1.54, 1.807) is 0 Å². The number of nitrogens with zero attached hydrogens (tertiary/aromatic N) is 8. The van der Waals surface area contributed by atoms with Crippen molar-refractivity contribution in [3.8, 4) is 11.8 Å². The van der Waals surface area contributed by atoms with Crippen molar-refractivity contribution >= 4 is 34.9 Å². The van der Waals surface area contributed by atoms with Gasteiger partial charge in [-0.2, -0.15) is 26.3 Å². The number of aromatic carboxylic acids is 1. The molecule has 0 fully saturated rings. The Labute approximate surface area is 246 Å². The second kappa shape index (κ2) is 15.0. The molecule has 4 rings (SSSR count). The van der Waals surface area contributed by atoms with Crippen molar-refractivity contribution in [1.82, 2.24) is 39.9 Å². The lowest BCUT2D eigenvalue weighted by atomic mass is 10.4. The second-order valence-electron chi connectivity index (χ2n) is 7.92. The number of anilines is 4. The lowest BCUT2D eigenvalue weighted by Gasteiger charge is -2.11. The van der Waals surface area contributed by atoms with E-state index < -0.39 is 55.0 Å². The van der Waals surface area contributed by atoms with Crippen LogP contribution in [0.1, 0.15) is 21.0 Å². The molecule has 16 nitrogen and oxygen atoms in total. The average Bonchev–Trinajstić information content (AvgIpc) is 3.00. The summed E-state index contributed by atoms with van der Waals surface area (Å²) in [7, 11) is 1.10. The fourth-order valence-corrected chi connectivity index (χ4v) is 2.77. The van der Waals surface area contributed by atoms with Gasteiger partial charge in [0, 0.05) is 0 Å². The number of halogens is 6. The smallest absolute Gasteiger partial charge is 0.422 e. The SMILES string of the molecule is COC(=O)c1nc(OCC(F)(F)F)cnc1Nc1cncnc1.O=C(O)c1nc(OCC(F)(F)F)cnc1Nc1cncnc1. The largest absolute Gasteiger partial charge is 0.476 e. The lowest BCUT2D eigenvalue weighted by molar-refractivity contribution is -0.154. The first-order valence-corrected chi connectivity index (χ1v) is 11.7. The fraction of sp³-hybridized carbons (Fsp3) is 0.217. The fourth-order valence-electron chi connectivity index (χ4n) is 2.77. The quantitative estimate of drug-likeness (QED) is 0.167. The standard InChI is InChI=1S/C12H10F3N5O3.C11H8F3N5O3/c1-22-11(21)9-10(19-7-2-16-6-17-3-7)18-4-8(20-9)23-5-12(13,14)15;12-11(13,14)4-22-7-3-17-9(8(19-7)10(20)21)18-6-1-15-5-16-2-6/h2-4,6H,5H2,1H3,(H,18,19);1-3,5H,4H2,(H,17,18)(H,20,21). The summed E-state index contributed by atoms with van der Waals surface area (Å²) in [4.78, 5) is 52.4. The van der Waals surface area contributed by atoms with Crippen LogP contribution in [-0.4, -0.2) is 89.6 Å². The molecule has 22 heteroatoms. The van der Waals surface area contributed by atoms with Crippen LogP contribution in [0.2, 0.25) is 0 Å².